The first kappa shape index (κ1) is 8.02. The van der Waals surface area contributed by atoms with Crippen molar-refractivity contribution in [3.05, 3.63) is 0 Å². The molecule has 0 aromatic carbocycles. The van der Waals surface area contributed by atoms with Gasteiger partial charge in [0, 0.05) is 5.92 Å². The van der Waals surface area contributed by atoms with E-state index in [1.807, 2.05) is 0 Å². The Kier molecular flexibility index (Phi) is 3.16. The quantitative estimate of drug-likeness (QED) is 0.452. The normalized spacial score (nSPS) is 21.9. The molecular formula is C8H20N2+2. The van der Waals surface area contributed by atoms with Crippen molar-refractivity contribution >= 4 is 0 Å². The molecule has 0 aliphatic carbocycles. The summed E-state index contributed by atoms with van der Waals surface area (Å²) < 4.78 is 0. The van der Waals surface area contributed by atoms with E-state index in [0.29, 0.717) is 0 Å². The maximum absolute atomic E-state index is 2.42. The van der Waals surface area contributed by atoms with Crippen LogP contribution in [-0.2, 0) is 0 Å². The Morgan fingerprint density at radius 2 is 1.90 bits per heavy atom. The lowest BCUT2D eigenvalue weighted by Gasteiger charge is -2.23. The molecule has 1 aliphatic rings. The second kappa shape index (κ2) is 3.94. The van der Waals surface area contributed by atoms with Gasteiger partial charge in [-0.15, -0.1) is 0 Å². The van der Waals surface area contributed by atoms with Crippen molar-refractivity contribution in [1.29, 1.82) is 0 Å². The Bertz CT molecular complexity index is 85.3. The van der Waals surface area contributed by atoms with Gasteiger partial charge in [0.15, 0.2) is 0 Å². The summed E-state index contributed by atoms with van der Waals surface area (Å²) in [4.78, 5) is 1.80. The van der Waals surface area contributed by atoms with Crippen LogP contribution < -0.4 is 10.2 Å². The zero-order valence-electron chi connectivity index (χ0n) is 7.19. The lowest BCUT2D eigenvalue weighted by Crippen LogP contribution is -3.20. The van der Waals surface area contributed by atoms with E-state index in [9.17, 15) is 0 Å². The van der Waals surface area contributed by atoms with E-state index in [2.05, 4.69) is 19.2 Å². The van der Waals surface area contributed by atoms with Gasteiger partial charge >= 0.3 is 0 Å². The lowest BCUT2D eigenvalue weighted by atomic mass is 10.2. The molecule has 0 saturated carbocycles. The monoisotopic (exact) mass is 144 g/mol. The molecule has 10 heavy (non-hydrogen) atoms. The van der Waals surface area contributed by atoms with Crippen LogP contribution in [0.2, 0.25) is 0 Å². The molecule has 0 aromatic rings. The highest BCUT2D eigenvalue weighted by Gasteiger charge is 2.15. The van der Waals surface area contributed by atoms with E-state index in [1.165, 1.54) is 32.7 Å². The van der Waals surface area contributed by atoms with Crippen molar-refractivity contribution in [2.24, 2.45) is 5.92 Å². The van der Waals surface area contributed by atoms with Gasteiger partial charge in [-0.3, -0.25) is 0 Å². The zero-order chi connectivity index (χ0) is 7.40. The van der Waals surface area contributed by atoms with Crippen LogP contribution in [0.3, 0.4) is 0 Å². The van der Waals surface area contributed by atoms with Crippen LogP contribution in [0, 0.1) is 5.92 Å². The van der Waals surface area contributed by atoms with Gasteiger partial charge in [-0.1, -0.05) is 13.8 Å². The van der Waals surface area contributed by atoms with Crippen LogP contribution in [-0.4, -0.2) is 32.7 Å². The summed E-state index contributed by atoms with van der Waals surface area (Å²) in [5, 5.41) is 2.42. The third kappa shape index (κ3) is 2.67. The Morgan fingerprint density at radius 3 is 2.40 bits per heavy atom. The fourth-order valence-corrected chi connectivity index (χ4v) is 1.66. The average molecular weight is 144 g/mol. The number of quaternary nitrogens is 2. The molecule has 1 rings (SSSR count). The van der Waals surface area contributed by atoms with Crippen molar-refractivity contribution < 1.29 is 10.2 Å². The highest BCUT2D eigenvalue weighted by atomic mass is 15.2. The summed E-state index contributed by atoms with van der Waals surface area (Å²) in [6.45, 7) is 11.4. The topological polar surface area (TPSA) is 21.1 Å². The number of hydrogen-bond acceptors (Lipinski definition) is 0. The van der Waals surface area contributed by atoms with E-state index in [-0.39, 0.29) is 0 Å². The SMILES string of the molecule is CC(C)C[NH+]1CC[NH2+]CC1. The molecule has 2 nitrogen and oxygen atoms in total. The minimum absolute atomic E-state index is 0.869. The molecule has 3 N–H and O–H groups in total. The molecule has 0 aromatic heterocycles. The third-order valence-electron chi connectivity index (χ3n) is 2.10. The van der Waals surface area contributed by atoms with E-state index in [0.717, 1.165) is 5.92 Å². The third-order valence-corrected chi connectivity index (χ3v) is 2.10. The molecule has 1 heterocycles. The van der Waals surface area contributed by atoms with E-state index < -0.39 is 0 Å². The predicted molar refractivity (Wildman–Crippen MR) is 42.1 cm³/mol. The van der Waals surface area contributed by atoms with Gasteiger partial charge in [-0.2, -0.15) is 0 Å². The predicted octanol–water partition coefficient (Wildman–Crippen LogP) is -1.90. The molecule has 0 spiro atoms. The highest BCUT2D eigenvalue weighted by molar-refractivity contribution is 4.40. The second-order valence-corrected chi connectivity index (χ2v) is 3.71. The Labute approximate surface area is 63.6 Å². The smallest absolute Gasteiger partial charge is 0.127 e. The minimum atomic E-state index is 0.869. The van der Waals surface area contributed by atoms with Crippen molar-refractivity contribution in [1.82, 2.24) is 0 Å². The average Bonchev–Trinajstić information content (AvgIpc) is 1.88. The standard InChI is InChI=1S/C8H18N2/c1-8(2)7-10-5-3-9-4-6-10/h8-9H,3-7H2,1-2H3/p+2. The Hall–Kier alpha value is -0.0800. The van der Waals surface area contributed by atoms with Crippen LogP contribution in [0.5, 0.6) is 0 Å². The van der Waals surface area contributed by atoms with E-state index in [4.69, 9.17) is 0 Å². The Balaban J connectivity index is 2.13. The molecular weight excluding hydrogens is 124 g/mol. The Morgan fingerprint density at radius 1 is 1.30 bits per heavy atom. The van der Waals surface area contributed by atoms with Gasteiger partial charge in [-0.05, 0) is 0 Å². The first-order valence-corrected chi connectivity index (χ1v) is 4.44. The number of piperazine rings is 1. The van der Waals surface area contributed by atoms with Gasteiger partial charge < -0.3 is 10.2 Å². The number of rotatable bonds is 2. The fraction of sp³-hybridized carbons (Fsp3) is 1.00. The zero-order valence-corrected chi connectivity index (χ0v) is 7.19. The molecule has 60 valence electrons. The molecule has 0 radical (unpaired) electrons. The summed E-state index contributed by atoms with van der Waals surface area (Å²) in [5.41, 5.74) is 0. The van der Waals surface area contributed by atoms with Crippen LogP contribution >= 0.6 is 0 Å². The van der Waals surface area contributed by atoms with Crippen LogP contribution in [0.1, 0.15) is 13.8 Å². The number of nitrogens with one attached hydrogen (secondary N) is 1. The van der Waals surface area contributed by atoms with Crippen LogP contribution in [0.4, 0.5) is 0 Å². The van der Waals surface area contributed by atoms with Gasteiger partial charge in [0.25, 0.3) is 0 Å². The van der Waals surface area contributed by atoms with Crippen molar-refractivity contribution in [3.63, 3.8) is 0 Å². The highest BCUT2D eigenvalue weighted by Crippen LogP contribution is 1.83. The van der Waals surface area contributed by atoms with Crippen molar-refractivity contribution in [3.8, 4) is 0 Å². The van der Waals surface area contributed by atoms with Crippen molar-refractivity contribution in [2.75, 3.05) is 32.7 Å². The molecule has 0 atom stereocenters. The molecule has 1 aliphatic heterocycles. The summed E-state index contributed by atoms with van der Waals surface area (Å²) in [7, 11) is 0. The largest absolute Gasteiger partial charge is 0.337 e. The summed E-state index contributed by atoms with van der Waals surface area (Å²) in [6.07, 6.45) is 0. The maximum atomic E-state index is 2.42. The first-order valence-electron chi connectivity index (χ1n) is 4.44. The number of hydrogen-bond donors (Lipinski definition) is 2. The maximum Gasteiger partial charge on any atom is 0.127 e. The van der Waals surface area contributed by atoms with Gasteiger partial charge in [0.2, 0.25) is 0 Å². The lowest BCUT2D eigenvalue weighted by molar-refractivity contribution is -0.949. The van der Waals surface area contributed by atoms with Crippen molar-refractivity contribution in [2.45, 2.75) is 13.8 Å². The minimum Gasteiger partial charge on any atom is -0.337 e. The molecule has 1 saturated heterocycles. The van der Waals surface area contributed by atoms with Gasteiger partial charge in [0.1, 0.15) is 26.2 Å². The fourth-order valence-electron chi connectivity index (χ4n) is 1.66. The summed E-state index contributed by atoms with van der Waals surface area (Å²) >= 11 is 0. The van der Waals surface area contributed by atoms with Crippen LogP contribution in [0.25, 0.3) is 0 Å². The van der Waals surface area contributed by atoms with Crippen LogP contribution in [0.15, 0.2) is 0 Å². The van der Waals surface area contributed by atoms with E-state index >= 15 is 0 Å². The molecule has 0 unspecified atom stereocenters. The van der Waals surface area contributed by atoms with Gasteiger partial charge in [0.05, 0.1) is 6.54 Å². The molecule has 1 fully saturated rings. The van der Waals surface area contributed by atoms with E-state index in [1.54, 1.807) is 4.90 Å². The second-order valence-electron chi connectivity index (χ2n) is 3.71. The molecule has 0 amide bonds. The number of nitrogens with two attached hydrogens (primary N) is 1. The summed E-state index contributed by atoms with van der Waals surface area (Å²) in [5.74, 6) is 0.869. The van der Waals surface area contributed by atoms with Gasteiger partial charge in [-0.25, -0.2) is 0 Å². The molecule has 2 heteroatoms. The molecule has 0 bridgehead atoms. The summed E-state index contributed by atoms with van der Waals surface area (Å²) in [6, 6.07) is 0. The first-order chi connectivity index (χ1) is 4.79.